The van der Waals surface area contributed by atoms with E-state index in [-0.39, 0.29) is 11.9 Å². The molecule has 2 rings (SSSR count). The Kier molecular flexibility index (Phi) is 3.79. The van der Waals surface area contributed by atoms with Crippen LogP contribution < -0.4 is 15.5 Å². The fourth-order valence-electron chi connectivity index (χ4n) is 2.28. The number of nitrogens with zero attached hydrogens (tertiary/aromatic N) is 1. The van der Waals surface area contributed by atoms with Crippen LogP contribution in [0.25, 0.3) is 0 Å². The molecular formula is C15H21N3O. The van der Waals surface area contributed by atoms with Crippen molar-refractivity contribution in [2.75, 3.05) is 16.8 Å². The molecule has 0 aliphatic carbocycles. The second kappa shape index (κ2) is 5.34. The summed E-state index contributed by atoms with van der Waals surface area (Å²) < 4.78 is 0. The molecule has 102 valence electrons. The van der Waals surface area contributed by atoms with Crippen LogP contribution in [-0.2, 0) is 4.79 Å². The number of para-hydroxylation sites is 2. The molecule has 0 bridgehead atoms. The van der Waals surface area contributed by atoms with Gasteiger partial charge in [-0.05, 0) is 32.9 Å². The van der Waals surface area contributed by atoms with Gasteiger partial charge in [0.15, 0.2) is 0 Å². The third-order valence-electron chi connectivity index (χ3n) is 3.25. The van der Waals surface area contributed by atoms with E-state index in [1.165, 1.54) is 0 Å². The van der Waals surface area contributed by atoms with Crippen LogP contribution in [0, 0.1) is 0 Å². The van der Waals surface area contributed by atoms with E-state index in [1.54, 1.807) is 0 Å². The van der Waals surface area contributed by atoms with Crippen LogP contribution in [0.2, 0.25) is 0 Å². The summed E-state index contributed by atoms with van der Waals surface area (Å²) in [5, 5.41) is 6.21. The Hall–Kier alpha value is -1.97. The number of rotatable bonds is 4. The van der Waals surface area contributed by atoms with Crippen molar-refractivity contribution < 1.29 is 4.79 Å². The first-order chi connectivity index (χ1) is 8.99. The Morgan fingerprint density at radius 2 is 2.05 bits per heavy atom. The van der Waals surface area contributed by atoms with Crippen LogP contribution in [0.1, 0.15) is 20.8 Å². The van der Waals surface area contributed by atoms with Crippen LogP contribution in [0.3, 0.4) is 0 Å². The Bertz CT molecular complexity index is 496. The normalized spacial score (nSPS) is 15.8. The van der Waals surface area contributed by atoms with E-state index in [1.807, 2.05) is 24.3 Å². The quantitative estimate of drug-likeness (QED) is 0.872. The molecule has 2 N–H and O–H groups in total. The van der Waals surface area contributed by atoms with E-state index in [0.29, 0.717) is 12.6 Å². The zero-order valence-electron chi connectivity index (χ0n) is 11.7. The molecule has 1 atom stereocenters. The standard InChI is InChI=1S/C15H21N3O/c1-10(2)16-11(3)12(4)18-9-15(19)17-13-7-5-6-8-14(13)18/h5-8,10,12,16H,3,9H2,1-2,4H3,(H,17,19). The van der Waals surface area contributed by atoms with Gasteiger partial charge in [-0.15, -0.1) is 0 Å². The zero-order valence-corrected chi connectivity index (χ0v) is 11.7. The van der Waals surface area contributed by atoms with Crippen LogP contribution >= 0.6 is 0 Å². The summed E-state index contributed by atoms with van der Waals surface area (Å²) in [5.74, 6) is 0.0166. The molecule has 1 aliphatic rings. The minimum atomic E-state index is 0.0166. The van der Waals surface area contributed by atoms with Crippen LogP contribution in [0.5, 0.6) is 0 Å². The topological polar surface area (TPSA) is 44.4 Å². The van der Waals surface area contributed by atoms with Crippen molar-refractivity contribution >= 4 is 17.3 Å². The molecule has 0 saturated carbocycles. The number of benzene rings is 1. The van der Waals surface area contributed by atoms with Crippen molar-refractivity contribution in [2.24, 2.45) is 0 Å². The number of carbonyl (C=O) groups excluding carboxylic acids is 1. The number of anilines is 2. The lowest BCUT2D eigenvalue weighted by Crippen LogP contribution is -2.46. The van der Waals surface area contributed by atoms with Crippen LogP contribution in [0.4, 0.5) is 11.4 Å². The summed E-state index contributed by atoms with van der Waals surface area (Å²) in [7, 11) is 0. The third-order valence-corrected chi connectivity index (χ3v) is 3.25. The van der Waals surface area contributed by atoms with Gasteiger partial charge >= 0.3 is 0 Å². The Balaban J connectivity index is 2.25. The van der Waals surface area contributed by atoms with Gasteiger partial charge in [0, 0.05) is 11.7 Å². The van der Waals surface area contributed by atoms with Crippen LogP contribution in [-0.4, -0.2) is 24.5 Å². The SMILES string of the molecule is C=C(NC(C)C)C(C)N1CC(=O)Nc2ccccc21. The fraction of sp³-hybridized carbons (Fsp3) is 0.400. The summed E-state index contributed by atoms with van der Waals surface area (Å²) in [6, 6.07) is 8.25. The molecule has 1 unspecified atom stereocenters. The van der Waals surface area contributed by atoms with Gasteiger partial charge in [-0.25, -0.2) is 0 Å². The number of nitrogens with one attached hydrogen (secondary N) is 2. The highest BCUT2D eigenvalue weighted by Gasteiger charge is 2.26. The number of carbonyl (C=O) groups is 1. The summed E-state index contributed by atoms with van der Waals surface area (Å²) in [6.07, 6.45) is 0. The predicted octanol–water partition coefficient (Wildman–Crippen LogP) is 2.35. The van der Waals surface area contributed by atoms with Crippen molar-refractivity contribution in [1.82, 2.24) is 5.32 Å². The molecule has 1 heterocycles. The molecule has 4 heteroatoms. The van der Waals surface area contributed by atoms with Gasteiger partial charge in [-0.2, -0.15) is 0 Å². The average molecular weight is 259 g/mol. The lowest BCUT2D eigenvalue weighted by atomic mass is 10.1. The van der Waals surface area contributed by atoms with Gasteiger partial charge < -0.3 is 15.5 Å². The molecule has 4 nitrogen and oxygen atoms in total. The molecule has 1 aliphatic heterocycles. The van der Waals surface area contributed by atoms with E-state index in [4.69, 9.17) is 0 Å². The highest BCUT2D eigenvalue weighted by molar-refractivity contribution is 6.01. The van der Waals surface area contributed by atoms with Gasteiger partial charge in [0.2, 0.25) is 5.91 Å². The second-order valence-electron chi connectivity index (χ2n) is 5.19. The van der Waals surface area contributed by atoms with E-state index in [9.17, 15) is 4.79 Å². The molecule has 1 amide bonds. The summed E-state index contributed by atoms with van der Waals surface area (Å²) in [4.78, 5) is 13.9. The first-order valence-electron chi connectivity index (χ1n) is 6.60. The average Bonchev–Trinajstić information content (AvgIpc) is 2.36. The van der Waals surface area contributed by atoms with Gasteiger partial charge in [0.05, 0.1) is 24.0 Å². The van der Waals surface area contributed by atoms with Crippen molar-refractivity contribution in [1.29, 1.82) is 0 Å². The summed E-state index contributed by atoms with van der Waals surface area (Å²) in [6.45, 7) is 10.7. The predicted molar refractivity (Wildman–Crippen MR) is 79.3 cm³/mol. The van der Waals surface area contributed by atoms with Crippen molar-refractivity contribution in [3.05, 3.63) is 36.5 Å². The Morgan fingerprint density at radius 1 is 1.37 bits per heavy atom. The Labute approximate surface area is 114 Å². The molecule has 1 aromatic carbocycles. The molecule has 0 spiro atoms. The van der Waals surface area contributed by atoms with E-state index >= 15 is 0 Å². The fourth-order valence-corrected chi connectivity index (χ4v) is 2.28. The van der Waals surface area contributed by atoms with E-state index in [2.05, 4.69) is 42.9 Å². The maximum atomic E-state index is 11.8. The maximum Gasteiger partial charge on any atom is 0.243 e. The van der Waals surface area contributed by atoms with Crippen molar-refractivity contribution in [3.63, 3.8) is 0 Å². The molecule has 19 heavy (non-hydrogen) atoms. The monoisotopic (exact) mass is 259 g/mol. The largest absolute Gasteiger partial charge is 0.385 e. The van der Waals surface area contributed by atoms with Crippen LogP contribution in [0.15, 0.2) is 36.5 Å². The minimum Gasteiger partial charge on any atom is -0.385 e. The van der Waals surface area contributed by atoms with E-state index in [0.717, 1.165) is 17.1 Å². The zero-order chi connectivity index (χ0) is 14.0. The minimum absolute atomic E-state index is 0.0166. The highest BCUT2D eigenvalue weighted by atomic mass is 16.2. The number of hydrogen-bond donors (Lipinski definition) is 2. The molecule has 0 fully saturated rings. The molecule has 1 aromatic rings. The Morgan fingerprint density at radius 3 is 2.74 bits per heavy atom. The number of fused-ring (bicyclic) bond motifs is 1. The molecule has 0 saturated heterocycles. The van der Waals surface area contributed by atoms with Gasteiger partial charge in [0.25, 0.3) is 0 Å². The number of hydrogen-bond acceptors (Lipinski definition) is 3. The molecule has 0 aromatic heterocycles. The van der Waals surface area contributed by atoms with Gasteiger partial charge in [-0.1, -0.05) is 18.7 Å². The number of amides is 1. The van der Waals surface area contributed by atoms with E-state index < -0.39 is 0 Å². The summed E-state index contributed by atoms with van der Waals surface area (Å²) in [5.41, 5.74) is 2.84. The van der Waals surface area contributed by atoms with Gasteiger partial charge in [-0.3, -0.25) is 4.79 Å². The lowest BCUT2D eigenvalue weighted by molar-refractivity contribution is -0.115. The highest BCUT2D eigenvalue weighted by Crippen LogP contribution is 2.31. The molecular weight excluding hydrogens is 238 g/mol. The first-order valence-corrected chi connectivity index (χ1v) is 6.60. The lowest BCUT2D eigenvalue weighted by Gasteiger charge is -2.37. The second-order valence-corrected chi connectivity index (χ2v) is 5.19. The first kappa shape index (κ1) is 13.5. The smallest absolute Gasteiger partial charge is 0.243 e. The van der Waals surface area contributed by atoms with Crippen molar-refractivity contribution in [3.8, 4) is 0 Å². The molecule has 0 radical (unpaired) electrons. The summed E-state index contributed by atoms with van der Waals surface area (Å²) >= 11 is 0. The van der Waals surface area contributed by atoms with Gasteiger partial charge in [0.1, 0.15) is 0 Å². The third kappa shape index (κ3) is 2.89. The maximum absolute atomic E-state index is 11.8. The van der Waals surface area contributed by atoms with Crippen molar-refractivity contribution in [2.45, 2.75) is 32.9 Å².